The second-order valence-electron chi connectivity index (χ2n) is 5.00. The van der Waals surface area contributed by atoms with Crippen LogP contribution in [0.5, 0.6) is 5.75 Å². The standard InChI is InChI=1S/C16H18N2O5/c1-11(20)12-4-3-5-13(8-12)22-10-14-9-15(17-23-14)16(21)18(2)6-7-19/h3-5,8-9,19H,6-7,10H2,1-2H3. The smallest absolute Gasteiger partial charge is 0.275 e. The van der Waals surface area contributed by atoms with E-state index >= 15 is 0 Å². The molecular formula is C16H18N2O5. The maximum atomic E-state index is 12.0. The van der Waals surface area contributed by atoms with Crippen LogP contribution >= 0.6 is 0 Å². The van der Waals surface area contributed by atoms with Crippen molar-refractivity contribution in [3.05, 3.63) is 47.3 Å². The van der Waals surface area contributed by atoms with Crippen LogP contribution in [0.15, 0.2) is 34.9 Å². The minimum absolute atomic E-state index is 0.0464. The minimum Gasteiger partial charge on any atom is -0.486 e. The van der Waals surface area contributed by atoms with E-state index in [0.29, 0.717) is 17.1 Å². The summed E-state index contributed by atoms with van der Waals surface area (Å²) in [6, 6.07) is 8.29. The number of carbonyl (C=O) groups is 2. The lowest BCUT2D eigenvalue weighted by Crippen LogP contribution is -2.29. The third kappa shape index (κ3) is 4.40. The van der Waals surface area contributed by atoms with Gasteiger partial charge in [0.25, 0.3) is 5.91 Å². The van der Waals surface area contributed by atoms with Crippen LogP contribution in [0.3, 0.4) is 0 Å². The van der Waals surface area contributed by atoms with E-state index in [1.807, 2.05) is 0 Å². The molecule has 1 aromatic heterocycles. The van der Waals surface area contributed by atoms with Crippen LogP contribution < -0.4 is 4.74 Å². The number of aliphatic hydroxyl groups excluding tert-OH is 1. The Balaban J connectivity index is 1.98. The van der Waals surface area contributed by atoms with Gasteiger partial charge in [0.2, 0.25) is 0 Å². The van der Waals surface area contributed by atoms with Gasteiger partial charge in [-0.15, -0.1) is 0 Å². The van der Waals surface area contributed by atoms with Crippen LogP contribution in [0.2, 0.25) is 0 Å². The number of carbonyl (C=O) groups excluding carboxylic acids is 2. The zero-order valence-corrected chi connectivity index (χ0v) is 13.0. The first kappa shape index (κ1) is 16.7. The molecule has 2 rings (SSSR count). The minimum atomic E-state index is -0.340. The van der Waals surface area contributed by atoms with Gasteiger partial charge in [0.15, 0.2) is 17.2 Å². The van der Waals surface area contributed by atoms with Crippen molar-refractivity contribution in [2.45, 2.75) is 13.5 Å². The molecule has 1 heterocycles. The fourth-order valence-corrected chi connectivity index (χ4v) is 1.89. The Labute approximate surface area is 133 Å². The Kier molecular flexibility index (Phi) is 5.48. The number of aromatic nitrogens is 1. The molecule has 0 aliphatic carbocycles. The van der Waals surface area contributed by atoms with Crippen molar-refractivity contribution in [2.24, 2.45) is 0 Å². The highest BCUT2D eigenvalue weighted by atomic mass is 16.5. The Morgan fingerprint density at radius 2 is 2.13 bits per heavy atom. The van der Waals surface area contributed by atoms with Crippen molar-refractivity contribution < 1.29 is 24.0 Å². The molecule has 1 N–H and O–H groups in total. The second kappa shape index (κ2) is 7.55. The van der Waals surface area contributed by atoms with Crippen LogP contribution in [-0.4, -0.2) is 47.1 Å². The number of hydrogen-bond donors (Lipinski definition) is 1. The zero-order chi connectivity index (χ0) is 16.8. The van der Waals surface area contributed by atoms with Crippen LogP contribution in [0.1, 0.15) is 33.5 Å². The summed E-state index contributed by atoms with van der Waals surface area (Å²) < 4.78 is 10.6. The van der Waals surface area contributed by atoms with Gasteiger partial charge < -0.3 is 19.3 Å². The van der Waals surface area contributed by atoms with E-state index < -0.39 is 0 Å². The lowest BCUT2D eigenvalue weighted by Gasteiger charge is -2.12. The summed E-state index contributed by atoms with van der Waals surface area (Å²) in [5, 5.41) is 12.5. The van der Waals surface area contributed by atoms with Crippen molar-refractivity contribution >= 4 is 11.7 Å². The van der Waals surface area contributed by atoms with Gasteiger partial charge in [0.1, 0.15) is 12.4 Å². The van der Waals surface area contributed by atoms with E-state index in [9.17, 15) is 9.59 Å². The number of Topliss-reactive ketones (excluding diaryl/α,β-unsaturated/α-hetero) is 1. The summed E-state index contributed by atoms with van der Waals surface area (Å²) in [5.41, 5.74) is 0.707. The summed E-state index contributed by atoms with van der Waals surface area (Å²) in [5.74, 6) is 0.529. The van der Waals surface area contributed by atoms with Crippen LogP contribution in [0, 0.1) is 0 Å². The predicted octanol–water partition coefficient (Wildman–Crippen LogP) is 1.52. The van der Waals surface area contributed by atoms with E-state index in [0.717, 1.165) is 0 Å². The Morgan fingerprint density at radius 3 is 2.83 bits per heavy atom. The van der Waals surface area contributed by atoms with Gasteiger partial charge in [-0.05, 0) is 19.1 Å². The van der Waals surface area contributed by atoms with Crippen LogP contribution in [0.25, 0.3) is 0 Å². The van der Waals surface area contributed by atoms with E-state index in [-0.39, 0.29) is 37.1 Å². The quantitative estimate of drug-likeness (QED) is 0.778. The molecule has 0 saturated carbocycles. The first-order chi connectivity index (χ1) is 11.0. The molecule has 0 aliphatic rings. The average molecular weight is 318 g/mol. The molecule has 23 heavy (non-hydrogen) atoms. The van der Waals surface area contributed by atoms with Gasteiger partial charge in [0, 0.05) is 25.2 Å². The van der Waals surface area contributed by atoms with Gasteiger partial charge in [-0.2, -0.15) is 0 Å². The maximum absolute atomic E-state index is 12.0. The van der Waals surface area contributed by atoms with Crippen LogP contribution in [0.4, 0.5) is 0 Å². The third-order valence-corrected chi connectivity index (χ3v) is 3.18. The molecule has 0 radical (unpaired) electrons. The molecule has 0 unspecified atom stereocenters. The molecule has 7 heteroatoms. The normalized spacial score (nSPS) is 10.4. The van der Waals surface area contributed by atoms with Gasteiger partial charge in [-0.25, -0.2) is 0 Å². The molecule has 1 aromatic carbocycles. The van der Waals surface area contributed by atoms with Gasteiger partial charge in [0.05, 0.1) is 6.61 Å². The van der Waals surface area contributed by atoms with E-state index in [1.54, 1.807) is 31.3 Å². The van der Waals surface area contributed by atoms with Crippen LogP contribution in [-0.2, 0) is 6.61 Å². The number of amides is 1. The average Bonchev–Trinajstić information content (AvgIpc) is 3.01. The molecule has 0 saturated heterocycles. The van der Waals surface area contributed by atoms with Gasteiger partial charge >= 0.3 is 0 Å². The fraction of sp³-hybridized carbons (Fsp3) is 0.312. The van der Waals surface area contributed by atoms with Crippen molar-refractivity contribution in [3.63, 3.8) is 0 Å². The number of hydrogen-bond acceptors (Lipinski definition) is 6. The van der Waals surface area contributed by atoms with Crippen molar-refractivity contribution in [2.75, 3.05) is 20.2 Å². The summed E-state index contributed by atoms with van der Waals surface area (Å²) in [6.45, 7) is 1.67. The number of nitrogens with zero attached hydrogens (tertiary/aromatic N) is 2. The Bertz CT molecular complexity index is 695. The highest BCUT2D eigenvalue weighted by molar-refractivity contribution is 5.94. The van der Waals surface area contributed by atoms with E-state index in [4.69, 9.17) is 14.4 Å². The Hall–Kier alpha value is -2.67. The van der Waals surface area contributed by atoms with Crippen molar-refractivity contribution in [1.29, 1.82) is 0 Å². The number of rotatable bonds is 7. The zero-order valence-electron chi connectivity index (χ0n) is 13.0. The second-order valence-corrected chi connectivity index (χ2v) is 5.00. The lowest BCUT2D eigenvalue weighted by molar-refractivity contribution is 0.0756. The maximum Gasteiger partial charge on any atom is 0.275 e. The molecular weight excluding hydrogens is 300 g/mol. The third-order valence-electron chi connectivity index (χ3n) is 3.18. The van der Waals surface area contributed by atoms with Crippen molar-refractivity contribution in [3.8, 4) is 5.75 Å². The molecule has 0 bridgehead atoms. The molecule has 0 spiro atoms. The highest BCUT2D eigenvalue weighted by Crippen LogP contribution is 2.16. The largest absolute Gasteiger partial charge is 0.486 e. The van der Waals surface area contributed by atoms with Gasteiger partial charge in [-0.3, -0.25) is 9.59 Å². The lowest BCUT2D eigenvalue weighted by atomic mass is 10.1. The van der Waals surface area contributed by atoms with Crippen molar-refractivity contribution in [1.82, 2.24) is 10.1 Å². The number of ketones is 1. The molecule has 7 nitrogen and oxygen atoms in total. The molecule has 1 amide bonds. The highest BCUT2D eigenvalue weighted by Gasteiger charge is 2.16. The molecule has 2 aromatic rings. The summed E-state index contributed by atoms with van der Waals surface area (Å²) in [4.78, 5) is 24.6. The number of likely N-dealkylation sites (N-methyl/N-ethyl adjacent to an activating group) is 1. The summed E-state index contributed by atoms with van der Waals surface area (Å²) in [6.07, 6.45) is 0. The Morgan fingerprint density at radius 1 is 1.35 bits per heavy atom. The molecule has 0 atom stereocenters. The molecule has 122 valence electrons. The number of benzene rings is 1. The molecule has 0 aliphatic heterocycles. The topological polar surface area (TPSA) is 92.9 Å². The predicted molar refractivity (Wildman–Crippen MR) is 81.3 cm³/mol. The SMILES string of the molecule is CC(=O)c1cccc(OCc2cc(C(=O)N(C)CCO)no2)c1. The molecule has 0 fully saturated rings. The number of aliphatic hydroxyl groups is 1. The monoisotopic (exact) mass is 318 g/mol. The van der Waals surface area contributed by atoms with E-state index in [1.165, 1.54) is 17.9 Å². The first-order valence-corrected chi connectivity index (χ1v) is 7.07. The summed E-state index contributed by atoms with van der Waals surface area (Å²) in [7, 11) is 1.57. The van der Waals surface area contributed by atoms with E-state index in [2.05, 4.69) is 5.16 Å². The fourth-order valence-electron chi connectivity index (χ4n) is 1.89. The first-order valence-electron chi connectivity index (χ1n) is 7.07. The summed E-state index contributed by atoms with van der Waals surface area (Å²) >= 11 is 0. The van der Waals surface area contributed by atoms with Gasteiger partial charge in [-0.1, -0.05) is 17.3 Å². The number of ether oxygens (including phenoxy) is 1.